The lowest BCUT2D eigenvalue weighted by atomic mass is 10.0. The fourth-order valence-electron chi connectivity index (χ4n) is 5.76. The van der Waals surface area contributed by atoms with Gasteiger partial charge < -0.3 is 29.1 Å². The van der Waals surface area contributed by atoms with E-state index in [0.29, 0.717) is 44.3 Å². The van der Waals surface area contributed by atoms with Gasteiger partial charge in [-0.05, 0) is 60.5 Å². The molecule has 5 rings (SSSR count). The number of hydrogen-bond donors (Lipinski definition) is 2. The number of phosphoric acid groups is 1. The lowest BCUT2D eigenvalue weighted by Crippen LogP contribution is -2.44. The molecule has 12 heteroatoms. The number of aliphatic hydroxyl groups is 1. The molecule has 0 heterocycles. The van der Waals surface area contributed by atoms with Gasteiger partial charge in [0.25, 0.3) is 0 Å². The molecule has 0 saturated carbocycles. The van der Waals surface area contributed by atoms with Crippen LogP contribution in [0.3, 0.4) is 0 Å². The van der Waals surface area contributed by atoms with E-state index in [1.54, 1.807) is 19.0 Å². The molecule has 0 spiro atoms. The van der Waals surface area contributed by atoms with Crippen molar-refractivity contribution < 1.29 is 42.6 Å². The SMILES string of the molecule is CN(C)CCOP(=O)(O)OCC(O)COC(=O)[C@H](Cc1ccc(OCc2ccccc2)c(OCc2ccccc2)c1)N(Cc1ccccc1)Cc1ccccc1. The van der Waals surface area contributed by atoms with E-state index in [0.717, 1.165) is 27.8 Å². The highest BCUT2D eigenvalue weighted by Gasteiger charge is 2.30. The molecule has 3 atom stereocenters. The van der Waals surface area contributed by atoms with Gasteiger partial charge in [-0.25, -0.2) is 4.57 Å². The zero-order valence-electron chi connectivity index (χ0n) is 31.9. The van der Waals surface area contributed by atoms with Crippen molar-refractivity contribution in [1.29, 1.82) is 0 Å². The Labute approximate surface area is 329 Å². The van der Waals surface area contributed by atoms with Crippen LogP contribution in [0.25, 0.3) is 0 Å². The van der Waals surface area contributed by atoms with Crippen LogP contribution in [-0.4, -0.2) is 78.4 Å². The van der Waals surface area contributed by atoms with Crippen LogP contribution < -0.4 is 9.47 Å². The van der Waals surface area contributed by atoms with Crippen molar-refractivity contribution in [3.05, 3.63) is 167 Å². The van der Waals surface area contributed by atoms with Gasteiger partial charge in [-0.2, -0.15) is 0 Å². The van der Waals surface area contributed by atoms with Crippen LogP contribution >= 0.6 is 7.82 Å². The van der Waals surface area contributed by atoms with Crippen LogP contribution in [0, 0.1) is 0 Å². The Hall–Kier alpha value is -4.84. The van der Waals surface area contributed by atoms with Crippen LogP contribution in [0.5, 0.6) is 11.5 Å². The van der Waals surface area contributed by atoms with Gasteiger partial charge in [0.15, 0.2) is 11.5 Å². The topological polar surface area (TPSA) is 127 Å². The second-order valence-corrected chi connectivity index (χ2v) is 15.1. The van der Waals surface area contributed by atoms with Crippen molar-refractivity contribution in [2.75, 3.05) is 40.5 Å². The largest absolute Gasteiger partial charge is 0.485 e. The van der Waals surface area contributed by atoms with Gasteiger partial charge >= 0.3 is 13.8 Å². The second kappa shape index (κ2) is 22.0. The summed E-state index contributed by atoms with van der Waals surface area (Å²) in [5.74, 6) is 0.510. The van der Waals surface area contributed by atoms with Gasteiger partial charge in [-0.15, -0.1) is 0 Å². The third kappa shape index (κ3) is 14.7. The van der Waals surface area contributed by atoms with E-state index in [1.807, 2.05) is 144 Å². The van der Waals surface area contributed by atoms with E-state index in [9.17, 15) is 19.4 Å². The van der Waals surface area contributed by atoms with E-state index >= 15 is 0 Å². The van der Waals surface area contributed by atoms with E-state index in [-0.39, 0.29) is 13.0 Å². The number of phosphoric ester groups is 1. The molecular formula is C44H51N2O9P. The number of hydrogen-bond acceptors (Lipinski definition) is 10. The Morgan fingerprint density at radius 1 is 0.643 bits per heavy atom. The summed E-state index contributed by atoms with van der Waals surface area (Å²) in [5.41, 5.74) is 4.80. The van der Waals surface area contributed by atoms with E-state index < -0.39 is 39.2 Å². The molecule has 0 saturated heterocycles. The first-order valence-electron chi connectivity index (χ1n) is 18.5. The van der Waals surface area contributed by atoms with Crippen molar-refractivity contribution >= 4 is 13.8 Å². The summed E-state index contributed by atoms with van der Waals surface area (Å²) in [6.45, 7) is 0.843. The predicted molar refractivity (Wildman–Crippen MR) is 215 cm³/mol. The normalized spacial score (nSPS) is 13.5. The molecule has 0 aliphatic rings. The molecule has 11 nitrogen and oxygen atoms in total. The summed E-state index contributed by atoms with van der Waals surface area (Å²) in [4.78, 5) is 28.1. The minimum atomic E-state index is -4.42. The molecule has 0 aromatic heterocycles. The predicted octanol–water partition coefficient (Wildman–Crippen LogP) is 7.06. The Morgan fingerprint density at radius 3 is 1.66 bits per heavy atom. The second-order valence-electron chi connectivity index (χ2n) is 13.6. The smallest absolute Gasteiger partial charge is 0.472 e. The summed E-state index contributed by atoms with van der Waals surface area (Å²) < 4.78 is 40.6. The monoisotopic (exact) mass is 782 g/mol. The molecule has 2 N–H and O–H groups in total. The standard InChI is InChI=1S/C44H51N2O9P/c1-45(2)25-26-54-56(49,50)55-34-40(47)33-53-44(48)41(46(29-35-15-7-3-8-16-35)30-36-17-9-4-10-18-36)27-39-23-24-42(51-31-37-19-11-5-12-20-37)43(28-39)52-32-38-21-13-6-14-22-38/h3-24,28,40-41,47H,25-27,29-34H2,1-2H3,(H,49,50)/t40?,41-/m0/s1. The Balaban J connectivity index is 1.39. The van der Waals surface area contributed by atoms with Gasteiger partial charge in [-0.3, -0.25) is 18.7 Å². The molecule has 5 aromatic carbocycles. The van der Waals surface area contributed by atoms with Crippen LogP contribution in [0.2, 0.25) is 0 Å². The molecule has 2 unspecified atom stereocenters. The quantitative estimate of drug-likeness (QED) is 0.0523. The summed E-state index contributed by atoms with van der Waals surface area (Å²) in [6.07, 6.45) is -1.15. The Bertz CT molecular complexity index is 1890. The molecule has 0 radical (unpaired) electrons. The number of carbonyl (C=O) groups excluding carboxylic acids is 1. The number of aliphatic hydroxyl groups excluding tert-OH is 1. The number of benzene rings is 5. The van der Waals surface area contributed by atoms with Crippen LogP contribution in [-0.2, 0) is 55.9 Å². The molecular weight excluding hydrogens is 731 g/mol. The average molecular weight is 783 g/mol. The van der Waals surface area contributed by atoms with Crippen LogP contribution in [0.15, 0.2) is 140 Å². The maximum Gasteiger partial charge on any atom is 0.472 e. The first-order valence-corrected chi connectivity index (χ1v) is 20.0. The molecule has 56 heavy (non-hydrogen) atoms. The maximum atomic E-state index is 14.2. The van der Waals surface area contributed by atoms with Crippen molar-refractivity contribution in [3.63, 3.8) is 0 Å². The third-order valence-electron chi connectivity index (χ3n) is 8.72. The van der Waals surface area contributed by atoms with Crippen LogP contribution in [0.4, 0.5) is 0 Å². The van der Waals surface area contributed by atoms with E-state index in [1.165, 1.54) is 0 Å². The number of rotatable bonds is 23. The van der Waals surface area contributed by atoms with Gasteiger partial charge in [0.1, 0.15) is 32.0 Å². The molecule has 296 valence electrons. The van der Waals surface area contributed by atoms with E-state index in [4.69, 9.17) is 23.3 Å². The molecule has 0 amide bonds. The fourth-order valence-corrected chi connectivity index (χ4v) is 6.51. The van der Waals surface area contributed by atoms with Crippen molar-refractivity contribution in [2.45, 2.75) is 44.9 Å². The number of ether oxygens (including phenoxy) is 3. The summed E-state index contributed by atoms with van der Waals surface area (Å²) >= 11 is 0. The van der Waals surface area contributed by atoms with E-state index in [2.05, 4.69) is 0 Å². The molecule has 0 aliphatic heterocycles. The number of likely N-dealkylation sites (N-methyl/N-ethyl adjacent to an activating group) is 1. The fraction of sp³-hybridized carbons (Fsp3) is 0.295. The minimum absolute atomic E-state index is 0.0364. The first kappa shape index (κ1) is 42.3. The van der Waals surface area contributed by atoms with Crippen molar-refractivity contribution in [1.82, 2.24) is 9.80 Å². The Kier molecular flexibility index (Phi) is 16.7. The highest BCUT2D eigenvalue weighted by Crippen LogP contribution is 2.43. The lowest BCUT2D eigenvalue weighted by molar-refractivity contribution is -0.154. The van der Waals surface area contributed by atoms with Crippen molar-refractivity contribution in [2.24, 2.45) is 0 Å². The highest BCUT2D eigenvalue weighted by molar-refractivity contribution is 7.47. The molecule has 5 aromatic rings. The van der Waals surface area contributed by atoms with Gasteiger partial charge in [0, 0.05) is 19.6 Å². The van der Waals surface area contributed by atoms with Crippen molar-refractivity contribution in [3.8, 4) is 11.5 Å². The maximum absolute atomic E-state index is 14.2. The minimum Gasteiger partial charge on any atom is -0.485 e. The zero-order valence-corrected chi connectivity index (χ0v) is 32.8. The van der Waals surface area contributed by atoms with Crippen LogP contribution in [0.1, 0.15) is 27.8 Å². The Morgan fingerprint density at radius 2 is 1.14 bits per heavy atom. The summed E-state index contributed by atoms with van der Waals surface area (Å²) in [7, 11) is -0.824. The lowest BCUT2D eigenvalue weighted by Gasteiger charge is -2.31. The van der Waals surface area contributed by atoms with Gasteiger partial charge in [0.05, 0.1) is 13.2 Å². The summed E-state index contributed by atoms with van der Waals surface area (Å²) in [5, 5.41) is 10.7. The first-order chi connectivity index (χ1) is 27.1. The zero-order chi connectivity index (χ0) is 39.6. The number of nitrogens with zero attached hydrogens (tertiary/aromatic N) is 2. The molecule has 0 fully saturated rings. The molecule has 0 bridgehead atoms. The average Bonchev–Trinajstić information content (AvgIpc) is 3.21. The third-order valence-corrected chi connectivity index (χ3v) is 9.71. The number of carbonyl (C=O) groups is 1. The summed E-state index contributed by atoms with van der Waals surface area (Å²) in [6, 6.07) is 44.3. The van der Waals surface area contributed by atoms with Gasteiger partial charge in [-0.1, -0.05) is 127 Å². The number of esters is 1. The van der Waals surface area contributed by atoms with Gasteiger partial charge in [0.2, 0.25) is 0 Å². The molecule has 0 aliphatic carbocycles. The highest BCUT2D eigenvalue weighted by atomic mass is 31.2.